The molecule has 0 fully saturated rings. The fourth-order valence-electron chi connectivity index (χ4n) is 1.49. The van der Waals surface area contributed by atoms with Gasteiger partial charge in [-0.25, -0.2) is 0 Å². The summed E-state index contributed by atoms with van der Waals surface area (Å²) in [5, 5.41) is 3.06. The molecule has 1 aromatic carbocycles. The van der Waals surface area contributed by atoms with Crippen LogP contribution < -0.4 is 10.2 Å². The van der Waals surface area contributed by atoms with Gasteiger partial charge >= 0.3 is 0 Å². The van der Waals surface area contributed by atoms with Gasteiger partial charge < -0.3 is 10.2 Å². The van der Waals surface area contributed by atoms with Crippen LogP contribution in [-0.2, 0) is 11.3 Å². The highest BCUT2D eigenvalue weighted by molar-refractivity contribution is 5.34. The lowest BCUT2D eigenvalue weighted by atomic mass is 10.1. The van der Waals surface area contributed by atoms with E-state index in [0.717, 1.165) is 18.7 Å². The Kier molecular flexibility index (Phi) is 2.47. The van der Waals surface area contributed by atoms with E-state index in [-0.39, 0.29) is 6.10 Å². The average Bonchev–Trinajstić information content (AvgIpc) is 2.18. The van der Waals surface area contributed by atoms with Gasteiger partial charge in [0.15, 0.2) is 5.75 Å². The molecule has 1 aliphatic heterocycles. The largest absolute Gasteiger partial charge is 0.337 e. The standard InChI is InChI=1S/C10H13NO2/c1-11-7-9-6-8-4-2-3-5-10(8)13-12-9/h2-5,9,11H,6-7H2,1H3. The maximum Gasteiger partial charge on any atom is 0.168 e. The van der Waals surface area contributed by atoms with E-state index in [1.807, 2.05) is 25.2 Å². The highest BCUT2D eigenvalue weighted by atomic mass is 17.2. The number of hydrogen-bond donors (Lipinski definition) is 1. The van der Waals surface area contributed by atoms with Crippen LogP contribution in [0.1, 0.15) is 5.56 Å². The van der Waals surface area contributed by atoms with Crippen molar-refractivity contribution >= 4 is 0 Å². The maximum absolute atomic E-state index is 5.18. The summed E-state index contributed by atoms with van der Waals surface area (Å²) in [7, 11) is 1.91. The number of nitrogens with one attached hydrogen (secondary N) is 1. The quantitative estimate of drug-likeness (QED) is 0.691. The molecule has 0 saturated heterocycles. The van der Waals surface area contributed by atoms with E-state index in [1.165, 1.54) is 5.56 Å². The third-order valence-corrected chi connectivity index (χ3v) is 2.13. The summed E-state index contributed by atoms with van der Waals surface area (Å²) in [5.74, 6) is 0.842. The molecule has 1 aromatic rings. The summed E-state index contributed by atoms with van der Waals surface area (Å²) in [6.07, 6.45) is 1.04. The molecular formula is C10H13NO2. The van der Waals surface area contributed by atoms with Crippen LogP contribution in [0.5, 0.6) is 5.75 Å². The van der Waals surface area contributed by atoms with Crippen LogP contribution in [0.2, 0.25) is 0 Å². The third kappa shape index (κ3) is 1.82. The van der Waals surface area contributed by atoms with Crippen LogP contribution in [0.25, 0.3) is 0 Å². The monoisotopic (exact) mass is 179 g/mol. The van der Waals surface area contributed by atoms with Gasteiger partial charge in [0.1, 0.15) is 6.10 Å². The summed E-state index contributed by atoms with van der Waals surface area (Å²) >= 11 is 0. The Bertz CT molecular complexity index is 288. The van der Waals surface area contributed by atoms with Crippen molar-refractivity contribution in [1.82, 2.24) is 5.32 Å². The van der Waals surface area contributed by atoms with E-state index in [0.29, 0.717) is 0 Å². The fraction of sp³-hybridized carbons (Fsp3) is 0.400. The van der Waals surface area contributed by atoms with Crippen molar-refractivity contribution in [2.45, 2.75) is 12.5 Å². The zero-order valence-electron chi connectivity index (χ0n) is 7.62. The minimum atomic E-state index is 0.125. The second-order valence-electron chi connectivity index (χ2n) is 3.17. The van der Waals surface area contributed by atoms with E-state index >= 15 is 0 Å². The van der Waals surface area contributed by atoms with E-state index in [4.69, 9.17) is 9.78 Å². The lowest BCUT2D eigenvalue weighted by molar-refractivity contribution is -0.252. The van der Waals surface area contributed by atoms with Gasteiger partial charge in [-0.3, -0.25) is 0 Å². The Hall–Kier alpha value is -1.06. The van der Waals surface area contributed by atoms with Crippen molar-refractivity contribution < 1.29 is 9.78 Å². The first-order chi connectivity index (χ1) is 6.40. The predicted octanol–water partition coefficient (Wildman–Crippen LogP) is 1.14. The van der Waals surface area contributed by atoms with Crippen molar-refractivity contribution in [3.05, 3.63) is 29.8 Å². The van der Waals surface area contributed by atoms with Gasteiger partial charge in [-0.05, 0) is 13.1 Å². The first-order valence-corrected chi connectivity index (χ1v) is 4.46. The van der Waals surface area contributed by atoms with Crippen molar-refractivity contribution in [2.75, 3.05) is 13.6 Å². The van der Waals surface area contributed by atoms with Crippen LogP contribution >= 0.6 is 0 Å². The third-order valence-electron chi connectivity index (χ3n) is 2.13. The molecule has 1 aliphatic rings. The van der Waals surface area contributed by atoms with Gasteiger partial charge in [0, 0.05) is 18.5 Å². The minimum absolute atomic E-state index is 0.125. The molecule has 3 nitrogen and oxygen atoms in total. The van der Waals surface area contributed by atoms with E-state index in [9.17, 15) is 0 Å². The molecule has 1 atom stereocenters. The van der Waals surface area contributed by atoms with E-state index < -0.39 is 0 Å². The Morgan fingerprint density at radius 1 is 1.46 bits per heavy atom. The van der Waals surface area contributed by atoms with Crippen LogP contribution in [0.15, 0.2) is 24.3 Å². The second-order valence-corrected chi connectivity index (χ2v) is 3.17. The molecule has 13 heavy (non-hydrogen) atoms. The number of hydrogen-bond acceptors (Lipinski definition) is 3. The molecular weight excluding hydrogens is 166 g/mol. The summed E-state index contributed by atoms with van der Waals surface area (Å²) in [4.78, 5) is 10.3. The fourth-order valence-corrected chi connectivity index (χ4v) is 1.49. The molecule has 0 saturated carbocycles. The van der Waals surface area contributed by atoms with Crippen LogP contribution in [0.4, 0.5) is 0 Å². The SMILES string of the molecule is CNCC1Cc2ccccc2OO1. The average molecular weight is 179 g/mol. The maximum atomic E-state index is 5.18. The van der Waals surface area contributed by atoms with Crippen molar-refractivity contribution in [1.29, 1.82) is 0 Å². The van der Waals surface area contributed by atoms with Crippen molar-refractivity contribution in [2.24, 2.45) is 0 Å². The molecule has 0 radical (unpaired) electrons. The number of benzene rings is 1. The zero-order chi connectivity index (χ0) is 9.10. The second kappa shape index (κ2) is 3.77. The molecule has 70 valence electrons. The molecule has 2 rings (SSSR count). The van der Waals surface area contributed by atoms with Gasteiger partial charge in [0.2, 0.25) is 0 Å². The number of fused-ring (bicyclic) bond motifs is 1. The van der Waals surface area contributed by atoms with Gasteiger partial charge in [0.05, 0.1) is 0 Å². The first kappa shape index (κ1) is 8.53. The van der Waals surface area contributed by atoms with Crippen molar-refractivity contribution in [3.63, 3.8) is 0 Å². The zero-order valence-corrected chi connectivity index (χ0v) is 7.62. The van der Waals surface area contributed by atoms with Crippen LogP contribution in [0, 0.1) is 0 Å². The molecule has 0 aliphatic carbocycles. The van der Waals surface area contributed by atoms with E-state index in [1.54, 1.807) is 0 Å². The topological polar surface area (TPSA) is 30.5 Å². The smallest absolute Gasteiger partial charge is 0.168 e. The highest BCUT2D eigenvalue weighted by Gasteiger charge is 2.19. The summed E-state index contributed by atoms with van der Waals surface area (Å²) < 4.78 is 0. The normalized spacial score (nSPS) is 20.5. The molecule has 0 aromatic heterocycles. The Labute approximate surface area is 77.6 Å². The van der Waals surface area contributed by atoms with Gasteiger partial charge in [-0.1, -0.05) is 18.2 Å². The Balaban J connectivity index is 2.11. The lowest BCUT2D eigenvalue weighted by Crippen LogP contribution is -2.32. The lowest BCUT2D eigenvalue weighted by Gasteiger charge is -2.23. The predicted molar refractivity (Wildman–Crippen MR) is 49.6 cm³/mol. The Morgan fingerprint density at radius 3 is 3.15 bits per heavy atom. The summed E-state index contributed by atoms with van der Waals surface area (Å²) in [6, 6.07) is 7.95. The van der Waals surface area contributed by atoms with Crippen LogP contribution in [-0.4, -0.2) is 19.7 Å². The first-order valence-electron chi connectivity index (χ1n) is 4.46. The number of para-hydroxylation sites is 1. The van der Waals surface area contributed by atoms with Gasteiger partial charge in [-0.2, -0.15) is 4.89 Å². The number of rotatable bonds is 2. The minimum Gasteiger partial charge on any atom is -0.337 e. The van der Waals surface area contributed by atoms with E-state index in [2.05, 4.69) is 11.4 Å². The molecule has 0 bridgehead atoms. The molecule has 1 unspecified atom stereocenters. The molecule has 1 heterocycles. The molecule has 3 heteroatoms. The van der Waals surface area contributed by atoms with Gasteiger partial charge in [0.25, 0.3) is 0 Å². The summed E-state index contributed by atoms with van der Waals surface area (Å²) in [6.45, 7) is 0.814. The number of likely N-dealkylation sites (N-methyl/N-ethyl adjacent to an activating group) is 1. The van der Waals surface area contributed by atoms with Crippen LogP contribution in [0.3, 0.4) is 0 Å². The molecule has 0 amide bonds. The van der Waals surface area contributed by atoms with Crippen molar-refractivity contribution in [3.8, 4) is 5.75 Å². The molecule has 1 N–H and O–H groups in total. The Morgan fingerprint density at radius 2 is 2.31 bits per heavy atom. The highest BCUT2D eigenvalue weighted by Crippen LogP contribution is 2.24. The molecule has 0 spiro atoms. The van der Waals surface area contributed by atoms with Gasteiger partial charge in [-0.15, -0.1) is 0 Å². The summed E-state index contributed by atoms with van der Waals surface area (Å²) in [5.41, 5.74) is 1.22.